The highest BCUT2D eigenvalue weighted by atomic mass is 16.5. The zero-order valence-electron chi connectivity index (χ0n) is 13.2. The molecule has 2 atom stereocenters. The Labute approximate surface area is 123 Å². The number of rotatable bonds is 8. The number of fused-ring (bicyclic) bond motifs is 1. The van der Waals surface area contributed by atoms with Crippen molar-refractivity contribution >= 4 is 0 Å². The number of ether oxygens (including phenoxy) is 1. The van der Waals surface area contributed by atoms with Gasteiger partial charge in [0.1, 0.15) is 0 Å². The Kier molecular flexibility index (Phi) is 6.06. The molecule has 112 valence electrons. The number of nitrogens with one attached hydrogen (secondary N) is 1. The molecule has 0 bridgehead atoms. The van der Waals surface area contributed by atoms with Gasteiger partial charge in [0.05, 0.1) is 6.10 Å². The third-order valence-corrected chi connectivity index (χ3v) is 4.32. The fourth-order valence-electron chi connectivity index (χ4n) is 3.34. The molecule has 20 heavy (non-hydrogen) atoms. The number of benzene rings is 1. The molecule has 0 amide bonds. The van der Waals surface area contributed by atoms with Gasteiger partial charge in [-0.3, -0.25) is 0 Å². The Morgan fingerprint density at radius 1 is 1.15 bits per heavy atom. The van der Waals surface area contributed by atoms with Gasteiger partial charge >= 0.3 is 0 Å². The lowest BCUT2D eigenvalue weighted by Gasteiger charge is -2.27. The van der Waals surface area contributed by atoms with Crippen molar-refractivity contribution in [2.24, 2.45) is 0 Å². The van der Waals surface area contributed by atoms with Gasteiger partial charge in [-0.15, -0.1) is 0 Å². The Bertz CT molecular complexity index is 416. The van der Waals surface area contributed by atoms with Crippen molar-refractivity contribution < 1.29 is 4.74 Å². The molecule has 0 radical (unpaired) electrons. The number of likely N-dealkylation sites (N-methyl/N-ethyl adjacent to an activating group) is 1. The van der Waals surface area contributed by atoms with Crippen LogP contribution in [0.3, 0.4) is 0 Å². The van der Waals surface area contributed by atoms with E-state index in [0.717, 1.165) is 26.0 Å². The average molecular weight is 275 g/mol. The Morgan fingerprint density at radius 3 is 2.65 bits per heavy atom. The zero-order chi connectivity index (χ0) is 14.4. The van der Waals surface area contributed by atoms with E-state index in [1.165, 1.54) is 24.8 Å². The summed E-state index contributed by atoms with van der Waals surface area (Å²) in [4.78, 5) is 0. The molecular weight excluding hydrogens is 246 g/mol. The molecule has 1 N–H and O–H groups in total. The minimum atomic E-state index is 0.313. The van der Waals surface area contributed by atoms with Gasteiger partial charge in [0.25, 0.3) is 0 Å². The first-order chi connectivity index (χ1) is 9.78. The van der Waals surface area contributed by atoms with Crippen LogP contribution in [-0.4, -0.2) is 25.3 Å². The second-order valence-electron chi connectivity index (χ2n) is 5.73. The van der Waals surface area contributed by atoms with E-state index < -0.39 is 0 Å². The molecule has 0 saturated carbocycles. The number of hydrogen-bond donors (Lipinski definition) is 1. The molecule has 1 aromatic carbocycles. The minimum Gasteiger partial charge on any atom is -0.377 e. The summed E-state index contributed by atoms with van der Waals surface area (Å²) in [5.41, 5.74) is 4.59. The first kappa shape index (κ1) is 15.5. The maximum Gasteiger partial charge on any atom is 0.0728 e. The molecule has 1 aliphatic carbocycles. The first-order valence-electron chi connectivity index (χ1n) is 8.24. The molecule has 2 heteroatoms. The van der Waals surface area contributed by atoms with Gasteiger partial charge in [-0.1, -0.05) is 32.0 Å². The maximum absolute atomic E-state index is 5.91. The molecule has 0 aliphatic heterocycles. The average Bonchev–Trinajstić information content (AvgIpc) is 2.92. The molecule has 1 aromatic rings. The smallest absolute Gasteiger partial charge is 0.0728 e. The van der Waals surface area contributed by atoms with Crippen LogP contribution in [-0.2, 0) is 24.0 Å². The molecule has 2 unspecified atom stereocenters. The molecule has 0 saturated heterocycles. The van der Waals surface area contributed by atoms with Gasteiger partial charge in [0, 0.05) is 12.6 Å². The molecular formula is C18H29NO. The fourth-order valence-corrected chi connectivity index (χ4v) is 3.34. The van der Waals surface area contributed by atoms with Gasteiger partial charge in [0.2, 0.25) is 0 Å². The second-order valence-corrected chi connectivity index (χ2v) is 5.73. The maximum atomic E-state index is 5.91. The van der Waals surface area contributed by atoms with Crippen LogP contribution in [0.5, 0.6) is 0 Å². The summed E-state index contributed by atoms with van der Waals surface area (Å²) < 4.78 is 5.91. The second kappa shape index (κ2) is 7.80. The lowest BCUT2D eigenvalue weighted by molar-refractivity contribution is 0.0323. The third kappa shape index (κ3) is 3.83. The van der Waals surface area contributed by atoms with Crippen molar-refractivity contribution in [1.82, 2.24) is 5.32 Å². The van der Waals surface area contributed by atoms with Gasteiger partial charge < -0.3 is 10.1 Å². The van der Waals surface area contributed by atoms with Gasteiger partial charge in [-0.25, -0.2) is 0 Å². The van der Waals surface area contributed by atoms with E-state index in [-0.39, 0.29) is 0 Å². The molecule has 0 heterocycles. The van der Waals surface area contributed by atoms with Gasteiger partial charge in [0.15, 0.2) is 0 Å². The van der Waals surface area contributed by atoms with Crippen LogP contribution in [0.25, 0.3) is 0 Å². The van der Waals surface area contributed by atoms with Crippen molar-refractivity contribution in [3.8, 4) is 0 Å². The van der Waals surface area contributed by atoms with Gasteiger partial charge in [-0.05, 0) is 62.3 Å². The van der Waals surface area contributed by atoms with Crippen molar-refractivity contribution in [1.29, 1.82) is 0 Å². The fraction of sp³-hybridized carbons (Fsp3) is 0.667. The quantitative estimate of drug-likeness (QED) is 0.784. The monoisotopic (exact) mass is 275 g/mol. The largest absolute Gasteiger partial charge is 0.377 e. The van der Waals surface area contributed by atoms with Crippen molar-refractivity contribution in [2.75, 3.05) is 13.2 Å². The highest BCUT2D eigenvalue weighted by molar-refractivity contribution is 5.35. The van der Waals surface area contributed by atoms with E-state index in [0.29, 0.717) is 12.1 Å². The van der Waals surface area contributed by atoms with Crippen LogP contribution < -0.4 is 5.32 Å². The zero-order valence-corrected chi connectivity index (χ0v) is 13.2. The molecule has 1 aliphatic rings. The predicted molar refractivity (Wildman–Crippen MR) is 85.3 cm³/mol. The van der Waals surface area contributed by atoms with Crippen LogP contribution in [0.1, 0.15) is 50.3 Å². The minimum absolute atomic E-state index is 0.313. The Hall–Kier alpha value is -0.860. The lowest BCUT2D eigenvalue weighted by Crippen LogP contribution is -2.42. The van der Waals surface area contributed by atoms with Crippen molar-refractivity contribution in [3.63, 3.8) is 0 Å². The van der Waals surface area contributed by atoms with Crippen LogP contribution in [0.4, 0.5) is 0 Å². The highest BCUT2D eigenvalue weighted by Crippen LogP contribution is 2.24. The van der Waals surface area contributed by atoms with Crippen molar-refractivity contribution in [2.45, 2.75) is 65.0 Å². The number of hydrogen-bond acceptors (Lipinski definition) is 2. The van der Waals surface area contributed by atoms with Crippen LogP contribution in [0.2, 0.25) is 0 Å². The topological polar surface area (TPSA) is 21.3 Å². The van der Waals surface area contributed by atoms with E-state index >= 15 is 0 Å². The summed E-state index contributed by atoms with van der Waals surface area (Å²) in [7, 11) is 0. The molecule has 0 spiro atoms. The Balaban J connectivity index is 2.06. The summed E-state index contributed by atoms with van der Waals surface area (Å²) in [5, 5.41) is 3.61. The van der Waals surface area contributed by atoms with Crippen LogP contribution >= 0.6 is 0 Å². The first-order valence-corrected chi connectivity index (χ1v) is 8.24. The molecule has 0 aromatic heterocycles. The summed E-state index contributed by atoms with van der Waals surface area (Å²) in [5.74, 6) is 0. The Morgan fingerprint density at radius 2 is 1.95 bits per heavy atom. The summed E-state index contributed by atoms with van der Waals surface area (Å²) in [6.07, 6.45) is 6.30. The van der Waals surface area contributed by atoms with E-state index in [9.17, 15) is 0 Å². The van der Waals surface area contributed by atoms with E-state index in [4.69, 9.17) is 4.74 Å². The third-order valence-electron chi connectivity index (χ3n) is 4.32. The predicted octanol–water partition coefficient (Wildman–Crippen LogP) is 3.51. The normalized spacial score (nSPS) is 16.9. The van der Waals surface area contributed by atoms with E-state index in [1.54, 1.807) is 11.1 Å². The summed E-state index contributed by atoms with van der Waals surface area (Å²) in [6.45, 7) is 8.27. The molecule has 2 rings (SSSR count). The molecule has 2 nitrogen and oxygen atoms in total. The SMILES string of the molecule is CCNC(Cc1ccc2c(c1)CCC2)C(CC)OCC. The number of aryl methyl sites for hydroxylation is 2. The summed E-state index contributed by atoms with van der Waals surface area (Å²) >= 11 is 0. The standard InChI is InChI=1S/C18H29NO/c1-4-18(20-6-3)17(19-5-2)13-14-10-11-15-8-7-9-16(15)12-14/h10-12,17-19H,4-9,13H2,1-3H3. The van der Waals surface area contributed by atoms with Gasteiger partial charge in [-0.2, -0.15) is 0 Å². The van der Waals surface area contributed by atoms with Crippen LogP contribution in [0.15, 0.2) is 18.2 Å². The summed E-state index contributed by atoms with van der Waals surface area (Å²) in [6, 6.07) is 7.49. The highest BCUT2D eigenvalue weighted by Gasteiger charge is 2.20. The van der Waals surface area contributed by atoms with Crippen molar-refractivity contribution in [3.05, 3.63) is 34.9 Å². The lowest BCUT2D eigenvalue weighted by atomic mass is 9.97. The van der Waals surface area contributed by atoms with Crippen LogP contribution in [0, 0.1) is 0 Å². The van der Waals surface area contributed by atoms with E-state index in [2.05, 4.69) is 44.3 Å². The van der Waals surface area contributed by atoms with E-state index in [1.807, 2.05) is 0 Å². The molecule has 0 fully saturated rings.